The average Bonchev–Trinajstić information content (AvgIpc) is 2.34. The SMILES string of the molecule is C[C@@H]1OC(=O)C2(CCNCC2)C1O. The van der Waals surface area contributed by atoms with Gasteiger partial charge in [0, 0.05) is 0 Å². The molecule has 2 rings (SSSR count). The molecular weight excluding hydrogens is 170 g/mol. The van der Waals surface area contributed by atoms with Gasteiger partial charge in [-0.05, 0) is 32.9 Å². The highest BCUT2D eigenvalue weighted by Crippen LogP contribution is 2.41. The lowest BCUT2D eigenvalue weighted by Gasteiger charge is -2.32. The van der Waals surface area contributed by atoms with Crippen LogP contribution in [0.2, 0.25) is 0 Å². The smallest absolute Gasteiger partial charge is 0.315 e. The molecule has 2 saturated heterocycles. The second kappa shape index (κ2) is 2.96. The van der Waals surface area contributed by atoms with E-state index in [-0.39, 0.29) is 12.1 Å². The number of carbonyl (C=O) groups is 1. The average molecular weight is 185 g/mol. The minimum atomic E-state index is -0.623. The van der Waals surface area contributed by atoms with Crippen LogP contribution in [0.25, 0.3) is 0 Å². The van der Waals surface area contributed by atoms with Crippen LogP contribution in [0.5, 0.6) is 0 Å². The third kappa shape index (κ3) is 1.16. The lowest BCUT2D eigenvalue weighted by atomic mass is 9.74. The maximum absolute atomic E-state index is 11.6. The minimum absolute atomic E-state index is 0.214. The van der Waals surface area contributed by atoms with Crippen LogP contribution >= 0.6 is 0 Å². The lowest BCUT2D eigenvalue weighted by molar-refractivity contribution is -0.149. The summed E-state index contributed by atoms with van der Waals surface area (Å²) in [4.78, 5) is 11.6. The van der Waals surface area contributed by atoms with Gasteiger partial charge in [-0.15, -0.1) is 0 Å². The van der Waals surface area contributed by atoms with Crippen LogP contribution < -0.4 is 5.32 Å². The molecule has 2 atom stereocenters. The molecular formula is C9H15NO3. The predicted molar refractivity (Wildman–Crippen MR) is 46.1 cm³/mol. The Kier molecular flexibility index (Phi) is 2.04. The monoisotopic (exact) mass is 185 g/mol. The Hall–Kier alpha value is -0.610. The topological polar surface area (TPSA) is 58.6 Å². The summed E-state index contributed by atoms with van der Waals surface area (Å²) in [5.74, 6) is -0.214. The van der Waals surface area contributed by atoms with Crippen molar-refractivity contribution >= 4 is 5.97 Å². The molecule has 0 bridgehead atoms. The first-order chi connectivity index (χ1) is 6.17. The molecule has 0 radical (unpaired) electrons. The summed E-state index contributed by atoms with van der Waals surface area (Å²) in [5.41, 5.74) is -0.606. The normalized spacial score (nSPS) is 37.8. The van der Waals surface area contributed by atoms with Gasteiger partial charge in [0.05, 0.1) is 5.41 Å². The Morgan fingerprint density at radius 1 is 1.54 bits per heavy atom. The summed E-state index contributed by atoms with van der Waals surface area (Å²) in [6.45, 7) is 3.33. The summed E-state index contributed by atoms with van der Waals surface area (Å²) in [7, 11) is 0. The number of ether oxygens (including phenoxy) is 1. The van der Waals surface area contributed by atoms with Crippen LogP contribution in [0, 0.1) is 5.41 Å². The zero-order chi connectivity index (χ0) is 9.47. The van der Waals surface area contributed by atoms with Crippen LogP contribution in [0.4, 0.5) is 0 Å². The fourth-order valence-electron chi connectivity index (χ4n) is 2.29. The summed E-state index contributed by atoms with van der Waals surface area (Å²) in [6, 6.07) is 0. The van der Waals surface area contributed by atoms with Crippen molar-refractivity contribution in [3.8, 4) is 0 Å². The molecule has 2 N–H and O–H groups in total. The van der Waals surface area contributed by atoms with Crippen molar-refractivity contribution in [2.75, 3.05) is 13.1 Å². The lowest BCUT2D eigenvalue weighted by Crippen LogP contribution is -2.46. The number of carbonyl (C=O) groups excluding carboxylic acids is 1. The van der Waals surface area contributed by atoms with E-state index in [4.69, 9.17) is 4.74 Å². The quantitative estimate of drug-likeness (QED) is 0.507. The standard InChI is InChI=1S/C9H15NO3/c1-6-7(11)9(8(12)13-6)2-4-10-5-3-9/h6-7,10-11H,2-5H2,1H3/t6-,7?/m0/s1. The van der Waals surface area contributed by atoms with Crippen molar-refractivity contribution < 1.29 is 14.6 Å². The molecule has 0 aromatic rings. The largest absolute Gasteiger partial charge is 0.459 e. The Morgan fingerprint density at radius 3 is 2.62 bits per heavy atom. The Labute approximate surface area is 77.3 Å². The molecule has 2 aliphatic heterocycles. The molecule has 0 aliphatic carbocycles. The Balaban J connectivity index is 2.23. The molecule has 1 spiro atoms. The molecule has 0 saturated carbocycles. The first-order valence-electron chi connectivity index (χ1n) is 4.77. The van der Waals surface area contributed by atoms with Crippen LogP contribution in [0.15, 0.2) is 0 Å². The summed E-state index contributed by atoms with van der Waals surface area (Å²) < 4.78 is 5.05. The molecule has 13 heavy (non-hydrogen) atoms. The minimum Gasteiger partial charge on any atom is -0.459 e. The molecule has 74 valence electrons. The van der Waals surface area contributed by atoms with Gasteiger partial charge >= 0.3 is 5.97 Å². The van der Waals surface area contributed by atoms with Crippen LogP contribution in [-0.4, -0.2) is 36.4 Å². The molecule has 2 aliphatic rings. The van der Waals surface area contributed by atoms with E-state index < -0.39 is 11.5 Å². The molecule has 0 aromatic heterocycles. The van der Waals surface area contributed by atoms with E-state index in [2.05, 4.69) is 5.32 Å². The van der Waals surface area contributed by atoms with Gasteiger partial charge in [-0.2, -0.15) is 0 Å². The molecule has 0 amide bonds. The third-order valence-corrected chi connectivity index (χ3v) is 3.21. The fourth-order valence-corrected chi connectivity index (χ4v) is 2.29. The molecule has 4 heteroatoms. The Bertz CT molecular complexity index is 223. The van der Waals surface area contributed by atoms with Gasteiger partial charge in [0.25, 0.3) is 0 Å². The second-order valence-electron chi connectivity index (χ2n) is 3.96. The van der Waals surface area contributed by atoms with E-state index in [1.165, 1.54) is 0 Å². The van der Waals surface area contributed by atoms with E-state index in [9.17, 15) is 9.90 Å². The Morgan fingerprint density at radius 2 is 2.15 bits per heavy atom. The predicted octanol–water partition coefficient (Wildman–Crippen LogP) is -0.338. The van der Waals surface area contributed by atoms with E-state index >= 15 is 0 Å². The number of hydrogen-bond donors (Lipinski definition) is 2. The molecule has 4 nitrogen and oxygen atoms in total. The number of esters is 1. The fraction of sp³-hybridized carbons (Fsp3) is 0.889. The number of aliphatic hydroxyl groups excluding tert-OH is 1. The van der Waals surface area contributed by atoms with Crippen LogP contribution in [-0.2, 0) is 9.53 Å². The number of piperidine rings is 1. The highest BCUT2D eigenvalue weighted by atomic mass is 16.6. The summed E-state index contributed by atoms with van der Waals surface area (Å²) in [6.07, 6.45) is 0.419. The second-order valence-corrected chi connectivity index (χ2v) is 3.96. The summed E-state index contributed by atoms with van der Waals surface area (Å²) >= 11 is 0. The van der Waals surface area contributed by atoms with E-state index in [0.717, 1.165) is 13.1 Å². The summed E-state index contributed by atoms with van der Waals surface area (Å²) in [5, 5.41) is 13.0. The highest BCUT2D eigenvalue weighted by Gasteiger charge is 2.55. The van der Waals surface area contributed by atoms with Crippen molar-refractivity contribution in [3.05, 3.63) is 0 Å². The number of aliphatic hydroxyl groups is 1. The molecule has 2 heterocycles. The first kappa shape index (κ1) is 8.97. The van der Waals surface area contributed by atoms with Crippen molar-refractivity contribution in [1.82, 2.24) is 5.32 Å². The van der Waals surface area contributed by atoms with Crippen molar-refractivity contribution in [3.63, 3.8) is 0 Å². The van der Waals surface area contributed by atoms with Gasteiger partial charge in [-0.1, -0.05) is 0 Å². The number of nitrogens with one attached hydrogen (secondary N) is 1. The number of cyclic esters (lactones) is 1. The maximum Gasteiger partial charge on any atom is 0.315 e. The van der Waals surface area contributed by atoms with Crippen molar-refractivity contribution in [1.29, 1.82) is 0 Å². The van der Waals surface area contributed by atoms with Crippen LogP contribution in [0.3, 0.4) is 0 Å². The van der Waals surface area contributed by atoms with E-state index in [0.29, 0.717) is 12.8 Å². The number of rotatable bonds is 0. The van der Waals surface area contributed by atoms with E-state index in [1.54, 1.807) is 6.92 Å². The molecule has 2 fully saturated rings. The van der Waals surface area contributed by atoms with Gasteiger partial charge < -0.3 is 15.2 Å². The van der Waals surface area contributed by atoms with Gasteiger partial charge in [-0.25, -0.2) is 0 Å². The van der Waals surface area contributed by atoms with Crippen LogP contribution in [0.1, 0.15) is 19.8 Å². The van der Waals surface area contributed by atoms with Crippen molar-refractivity contribution in [2.24, 2.45) is 5.41 Å². The zero-order valence-corrected chi connectivity index (χ0v) is 7.75. The first-order valence-corrected chi connectivity index (χ1v) is 4.77. The van der Waals surface area contributed by atoms with Gasteiger partial charge in [0.2, 0.25) is 0 Å². The highest BCUT2D eigenvalue weighted by molar-refractivity contribution is 5.80. The van der Waals surface area contributed by atoms with Crippen molar-refractivity contribution in [2.45, 2.75) is 32.0 Å². The van der Waals surface area contributed by atoms with Gasteiger partial charge in [-0.3, -0.25) is 4.79 Å². The number of hydrogen-bond acceptors (Lipinski definition) is 4. The maximum atomic E-state index is 11.6. The molecule has 0 aromatic carbocycles. The third-order valence-electron chi connectivity index (χ3n) is 3.21. The zero-order valence-electron chi connectivity index (χ0n) is 7.75. The van der Waals surface area contributed by atoms with E-state index in [1.807, 2.05) is 0 Å². The molecule has 1 unspecified atom stereocenters. The van der Waals surface area contributed by atoms with Gasteiger partial charge in [0.1, 0.15) is 12.2 Å². The van der Waals surface area contributed by atoms with Gasteiger partial charge in [0.15, 0.2) is 0 Å².